The maximum Gasteiger partial charge on any atom is 0.222 e. The number of aryl methyl sites for hydroxylation is 2. The molecule has 0 bridgehead atoms. The molecular weight excluding hydrogens is 304 g/mol. The Morgan fingerprint density at radius 1 is 1.21 bits per heavy atom. The summed E-state index contributed by atoms with van der Waals surface area (Å²) >= 11 is 0. The van der Waals surface area contributed by atoms with Crippen molar-refractivity contribution in [1.29, 1.82) is 0 Å². The lowest BCUT2D eigenvalue weighted by molar-refractivity contribution is -0.133. The Balaban J connectivity index is 1.48. The molecule has 1 aromatic rings. The number of aliphatic hydroxyl groups excluding tert-OH is 1. The minimum Gasteiger partial charge on any atom is -0.391 e. The van der Waals surface area contributed by atoms with Crippen molar-refractivity contribution >= 4 is 5.91 Å². The van der Waals surface area contributed by atoms with Gasteiger partial charge >= 0.3 is 0 Å². The van der Waals surface area contributed by atoms with Crippen LogP contribution in [0.25, 0.3) is 0 Å². The first-order chi connectivity index (χ1) is 11.5. The third-order valence-electron chi connectivity index (χ3n) is 5.83. The molecule has 0 radical (unpaired) electrons. The van der Waals surface area contributed by atoms with Crippen molar-refractivity contribution in [3.8, 4) is 0 Å². The maximum atomic E-state index is 12.5. The van der Waals surface area contributed by atoms with Crippen molar-refractivity contribution in [3.05, 3.63) is 17.0 Å². The van der Waals surface area contributed by atoms with Crippen LogP contribution in [-0.2, 0) is 18.3 Å². The number of amides is 1. The Morgan fingerprint density at radius 2 is 1.92 bits per heavy atom. The van der Waals surface area contributed by atoms with Gasteiger partial charge in [0.1, 0.15) is 0 Å². The molecule has 0 aromatic carbocycles. The van der Waals surface area contributed by atoms with Gasteiger partial charge in [-0.3, -0.25) is 14.4 Å². The summed E-state index contributed by atoms with van der Waals surface area (Å²) in [4.78, 5) is 16.9. The average molecular weight is 334 g/mol. The maximum absolute atomic E-state index is 12.5. The van der Waals surface area contributed by atoms with Crippen molar-refractivity contribution in [2.75, 3.05) is 26.2 Å². The molecule has 24 heavy (non-hydrogen) atoms. The predicted octanol–water partition coefficient (Wildman–Crippen LogP) is 1.03. The van der Waals surface area contributed by atoms with Gasteiger partial charge in [-0.2, -0.15) is 5.10 Å². The second-order valence-electron chi connectivity index (χ2n) is 7.26. The van der Waals surface area contributed by atoms with Gasteiger partial charge in [-0.25, -0.2) is 0 Å². The molecule has 0 unspecified atom stereocenters. The number of nitrogens with zero attached hydrogens (tertiary/aromatic N) is 4. The molecule has 2 aliphatic rings. The van der Waals surface area contributed by atoms with Crippen molar-refractivity contribution < 1.29 is 9.90 Å². The van der Waals surface area contributed by atoms with E-state index < -0.39 is 0 Å². The van der Waals surface area contributed by atoms with Gasteiger partial charge in [-0.05, 0) is 45.1 Å². The molecule has 1 aliphatic heterocycles. The van der Waals surface area contributed by atoms with Gasteiger partial charge in [0.05, 0.1) is 11.8 Å². The Hall–Kier alpha value is -1.40. The van der Waals surface area contributed by atoms with E-state index in [9.17, 15) is 9.90 Å². The molecular formula is C18H30N4O2. The van der Waals surface area contributed by atoms with Crippen molar-refractivity contribution in [2.45, 2.75) is 58.1 Å². The molecule has 1 saturated heterocycles. The first-order valence-electron chi connectivity index (χ1n) is 9.16. The smallest absolute Gasteiger partial charge is 0.222 e. The van der Waals surface area contributed by atoms with Crippen LogP contribution < -0.4 is 0 Å². The van der Waals surface area contributed by atoms with Gasteiger partial charge in [0.25, 0.3) is 0 Å². The van der Waals surface area contributed by atoms with Gasteiger partial charge in [-0.15, -0.1) is 0 Å². The van der Waals surface area contributed by atoms with Gasteiger partial charge in [-0.1, -0.05) is 0 Å². The highest BCUT2D eigenvalue weighted by molar-refractivity contribution is 5.76. The highest BCUT2D eigenvalue weighted by atomic mass is 16.3. The number of hydrogen-bond acceptors (Lipinski definition) is 4. The fourth-order valence-corrected chi connectivity index (χ4v) is 4.22. The van der Waals surface area contributed by atoms with Crippen LogP contribution in [0.15, 0.2) is 0 Å². The van der Waals surface area contributed by atoms with E-state index in [0.717, 1.165) is 63.3 Å². The van der Waals surface area contributed by atoms with E-state index in [1.165, 1.54) is 5.56 Å². The van der Waals surface area contributed by atoms with E-state index in [1.807, 2.05) is 23.6 Å². The number of aliphatic hydroxyl groups is 1. The largest absolute Gasteiger partial charge is 0.391 e. The van der Waals surface area contributed by atoms with Crippen LogP contribution in [-0.4, -0.2) is 68.9 Å². The summed E-state index contributed by atoms with van der Waals surface area (Å²) in [5, 5.41) is 14.5. The van der Waals surface area contributed by atoms with Crippen LogP contribution in [0.4, 0.5) is 0 Å². The second kappa shape index (κ2) is 7.23. The van der Waals surface area contributed by atoms with Crippen LogP contribution >= 0.6 is 0 Å². The van der Waals surface area contributed by atoms with Gasteiger partial charge in [0.2, 0.25) is 5.91 Å². The third-order valence-corrected chi connectivity index (χ3v) is 5.83. The summed E-state index contributed by atoms with van der Waals surface area (Å²) in [5.74, 6) is 0.240. The fourth-order valence-electron chi connectivity index (χ4n) is 4.22. The second-order valence-corrected chi connectivity index (χ2v) is 7.26. The number of carbonyl (C=O) groups excluding carboxylic acids is 1. The summed E-state index contributed by atoms with van der Waals surface area (Å²) < 4.78 is 1.89. The minimum atomic E-state index is -0.177. The number of hydrogen-bond donors (Lipinski definition) is 1. The highest BCUT2D eigenvalue weighted by Gasteiger charge is 2.33. The van der Waals surface area contributed by atoms with Gasteiger partial charge in [0, 0.05) is 51.4 Å². The topological polar surface area (TPSA) is 61.6 Å². The molecule has 0 spiro atoms. The zero-order chi connectivity index (χ0) is 17.3. The number of carbonyl (C=O) groups is 1. The minimum absolute atomic E-state index is 0.177. The van der Waals surface area contributed by atoms with E-state index >= 15 is 0 Å². The molecule has 2 atom stereocenters. The summed E-state index contributed by atoms with van der Waals surface area (Å²) in [5.41, 5.74) is 3.39. The van der Waals surface area contributed by atoms with Crippen molar-refractivity contribution in [2.24, 2.45) is 7.05 Å². The lowest BCUT2D eigenvalue weighted by Gasteiger charge is -2.39. The average Bonchev–Trinajstić information content (AvgIpc) is 3.10. The van der Waals surface area contributed by atoms with E-state index in [-0.39, 0.29) is 12.0 Å². The highest BCUT2D eigenvalue weighted by Crippen LogP contribution is 2.25. The number of aromatic nitrogens is 2. The Morgan fingerprint density at radius 3 is 2.46 bits per heavy atom. The number of rotatable bonds is 4. The van der Waals surface area contributed by atoms with Crippen LogP contribution in [0, 0.1) is 13.8 Å². The quantitative estimate of drug-likeness (QED) is 0.893. The summed E-state index contributed by atoms with van der Waals surface area (Å²) in [6.07, 6.45) is 4.28. The van der Waals surface area contributed by atoms with Gasteiger partial charge in [0.15, 0.2) is 0 Å². The molecule has 1 N–H and O–H groups in total. The van der Waals surface area contributed by atoms with E-state index in [1.54, 1.807) is 0 Å². The van der Waals surface area contributed by atoms with Crippen LogP contribution in [0.2, 0.25) is 0 Å². The standard InChI is InChI=1S/C18H30N4O2/c1-13-15(14(2)20(3)19-13)7-8-18(24)22-11-9-21(10-12-22)16-5-4-6-17(16)23/h16-17,23H,4-12H2,1-3H3/t16-,17+/m0/s1. The Bertz CT molecular complexity index is 590. The molecule has 3 rings (SSSR count). The molecule has 134 valence electrons. The van der Waals surface area contributed by atoms with Crippen LogP contribution in [0.3, 0.4) is 0 Å². The number of piperazine rings is 1. The van der Waals surface area contributed by atoms with E-state index in [4.69, 9.17) is 0 Å². The Labute approximate surface area is 144 Å². The molecule has 2 heterocycles. The molecule has 6 heteroatoms. The van der Waals surface area contributed by atoms with Crippen LogP contribution in [0.5, 0.6) is 0 Å². The first-order valence-corrected chi connectivity index (χ1v) is 9.16. The SMILES string of the molecule is Cc1nn(C)c(C)c1CCC(=O)N1CCN([C@H]2CCC[C@H]2O)CC1. The first kappa shape index (κ1) is 17.4. The predicted molar refractivity (Wildman–Crippen MR) is 92.8 cm³/mol. The lowest BCUT2D eigenvalue weighted by Crippen LogP contribution is -2.53. The van der Waals surface area contributed by atoms with E-state index in [0.29, 0.717) is 12.5 Å². The van der Waals surface area contributed by atoms with Gasteiger partial charge < -0.3 is 10.0 Å². The molecule has 6 nitrogen and oxygen atoms in total. The monoisotopic (exact) mass is 334 g/mol. The summed E-state index contributed by atoms with van der Waals surface area (Å²) in [6.45, 7) is 7.42. The molecule has 1 aliphatic carbocycles. The normalized spacial score (nSPS) is 25.4. The zero-order valence-electron chi connectivity index (χ0n) is 15.2. The Kier molecular flexibility index (Phi) is 5.25. The van der Waals surface area contributed by atoms with Crippen molar-refractivity contribution in [1.82, 2.24) is 19.6 Å². The molecule has 1 aromatic heterocycles. The lowest BCUT2D eigenvalue weighted by atomic mass is 10.1. The van der Waals surface area contributed by atoms with Crippen molar-refractivity contribution in [3.63, 3.8) is 0 Å². The zero-order valence-corrected chi connectivity index (χ0v) is 15.2. The summed E-state index contributed by atoms with van der Waals surface area (Å²) in [7, 11) is 1.95. The van der Waals surface area contributed by atoms with Crippen LogP contribution in [0.1, 0.15) is 42.6 Å². The molecule has 1 amide bonds. The molecule has 1 saturated carbocycles. The fraction of sp³-hybridized carbons (Fsp3) is 0.778. The van der Waals surface area contributed by atoms with E-state index in [2.05, 4.69) is 16.9 Å². The molecule has 2 fully saturated rings. The summed E-state index contributed by atoms with van der Waals surface area (Å²) in [6, 6.07) is 0.308. The third kappa shape index (κ3) is 3.49.